The van der Waals surface area contributed by atoms with Crippen molar-refractivity contribution in [3.8, 4) is 5.75 Å². The van der Waals surface area contributed by atoms with E-state index in [2.05, 4.69) is 41.5 Å². The Bertz CT molecular complexity index is 1080. The zero-order valence-electron chi connectivity index (χ0n) is 18.8. The van der Waals surface area contributed by atoms with E-state index in [-0.39, 0.29) is 11.8 Å². The molecule has 32 heavy (non-hydrogen) atoms. The van der Waals surface area contributed by atoms with Crippen LogP contribution in [0.3, 0.4) is 0 Å². The molecule has 0 spiro atoms. The molecule has 0 saturated carbocycles. The highest BCUT2D eigenvalue weighted by Gasteiger charge is 2.26. The van der Waals surface area contributed by atoms with Crippen LogP contribution in [0.15, 0.2) is 48.5 Å². The number of fused-ring (bicyclic) bond motifs is 1. The Balaban J connectivity index is 1.25. The number of aromatic amines is 1. The predicted octanol–water partition coefficient (Wildman–Crippen LogP) is 4.30. The number of benzene rings is 2. The Kier molecular flexibility index (Phi) is 6.78. The quantitative estimate of drug-likeness (QED) is 0.583. The molecule has 0 unspecified atom stereocenters. The topological polar surface area (TPSA) is 74.4 Å². The van der Waals surface area contributed by atoms with Crippen molar-refractivity contribution in [1.29, 1.82) is 0 Å². The highest BCUT2D eigenvalue weighted by Crippen LogP contribution is 2.25. The summed E-state index contributed by atoms with van der Waals surface area (Å²) in [6, 6.07) is 16.0. The van der Waals surface area contributed by atoms with E-state index >= 15 is 0 Å². The van der Waals surface area contributed by atoms with Crippen molar-refractivity contribution in [2.45, 2.75) is 39.2 Å². The lowest BCUT2D eigenvalue weighted by atomic mass is 9.93. The second-order valence-corrected chi connectivity index (χ2v) is 8.52. The van der Waals surface area contributed by atoms with Gasteiger partial charge in [-0.1, -0.05) is 31.2 Å². The molecular weight excluding hydrogens is 402 g/mol. The van der Waals surface area contributed by atoms with Crippen molar-refractivity contribution in [3.63, 3.8) is 0 Å². The number of likely N-dealkylation sites (tertiary alicyclic amines) is 1. The minimum Gasteiger partial charge on any atom is -0.497 e. The summed E-state index contributed by atoms with van der Waals surface area (Å²) in [6.45, 7) is 4.04. The van der Waals surface area contributed by atoms with Crippen molar-refractivity contribution in [2.75, 3.05) is 20.2 Å². The van der Waals surface area contributed by atoms with Gasteiger partial charge >= 0.3 is 0 Å². The molecule has 1 aliphatic rings. The molecule has 2 heterocycles. The smallest absolute Gasteiger partial charge is 0.270 e. The number of amides is 2. The average Bonchev–Trinajstić information content (AvgIpc) is 3.26. The van der Waals surface area contributed by atoms with Gasteiger partial charge in [0.15, 0.2) is 0 Å². The van der Waals surface area contributed by atoms with Crippen LogP contribution in [-0.2, 0) is 17.8 Å². The highest BCUT2D eigenvalue weighted by molar-refractivity contribution is 5.98. The minimum absolute atomic E-state index is 0.0126. The highest BCUT2D eigenvalue weighted by atomic mass is 16.5. The SMILES string of the molecule is CCc1ccc(CNC(=O)CC2CCN(C(=O)c3cc4ccc(OC)cc4[nH]3)CC2)cc1. The number of carbonyl (C=O) groups is 2. The van der Waals surface area contributed by atoms with Crippen molar-refractivity contribution < 1.29 is 14.3 Å². The van der Waals surface area contributed by atoms with Gasteiger partial charge in [-0.15, -0.1) is 0 Å². The number of hydrogen-bond donors (Lipinski definition) is 2. The number of methoxy groups -OCH3 is 1. The number of hydrogen-bond acceptors (Lipinski definition) is 3. The summed E-state index contributed by atoms with van der Waals surface area (Å²) >= 11 is 0. The van der Waals surface area contributed by atoms with Crippen LogP contribution in [0.4, 0.5) is 0 Å². The molecule has 6 heteroatoms. The molecule has 2 N–H and O–H groups in total. The number of nitrogens with zero attached hydrogens (tertiary/aromatic N) is 1. The number of piperidine rings is 1. The largest absolute Gasteiger partial charge is 0.497 e. The molecule has 4 rings (SSSR count). The van der Waals surface area contributed by atoms with Crippen LogP contribution in [0.25, 0.3) is 10.9 Å². The first kappa shape index (κ1) is 21.9. The molecule has 2 aromatic carbocycles. The van der Waals surface area contributed by atoms with Crippen LogP contribution in [0.2, 0.25) is 0 Å². The first-order valence-corrected chi connectivity index (χ1v) is 11.4. The van der Waals surface area contributed by atoms with Crippen LogP contribution in [0.5, 0.6) is 5.75 Å². The van der Waals surface area contributed by atoms with Gasteiger partial charge in [0, 0.05) is 43.0 Å². The van der Waals surface area contributed by atoms with E-state index in [4.69, 9.17) is 4.74 Å². The fourth-order valence-electron chi connectivity index (χ4n) is 4.29. The maximum Gasteiger partial charge on any atom is 0.270 e. The van der Waals surface area contributed by atoms with E-state index in [9.17, 15) is 9.59 Å². The van der Waals surface area contributed by atoms with E-state index in [1.165, 1.54) is 5.56 Å². The zero-order valence-corrected chi connectivity index (χ0v) is 18.8. The standard InChI is InChI=1S/C26H31N3O3/c1-3-18-4-6-20(7-5-18)17-27-25(30)14-19-10-12-29(13-11-19)26(31)24-15-21-8-9-22(32-2)16-23(21)28-24/h4-9,15-16,19,28H,3,10-14,17H2,1-2H3,(H,27,30). The van der Waals surface area contributed by atoms with Gasteiger partial charge in [0.2, 0.25) is 5.91 Å². The van der Waals surface area contributed by atoms with Gasteiger partial charge in [-0.3, -0.25) is 9.59 Å². The Morgan fingerprint density at radius 2 is 1.78 bits per heavy atom. The summed E-state index contributed by atoms with van der Waals surface area (Å²) in [4.78, 5) is 30.4. The molecule has 1 saturated heterocycles. The first-order valence-electron chi connectivity index (χ1n) is 11.4. The third-order valence-corrected chi connectivity index (χ3v) is 6.36. The zero-order chi connectivity index (χ0) is 22.5. The van der Waals surface area contributed by atoms with Crippen LogP contribution in [0, 0.1) is 5.92 Å². The molecule has 0 atom stereocenters. The van der Waals surface area contributed by atoms with Gasteiger partial charge in [-0.05, 0) is 54.5 Å². The fraction of sp³-hybridized carbons (Fsp3) is 0.385. The van der Waals surface area contributed by atoms with Gasteiger partial charge in [-0.25, -0.2) is 0 Å². The Hall–Kier alpha value is -3.28. The van der Waals surface area contributed by atoms with Crippen LogP contribution < -0.4 is 10.1 Å². The molecular formula is C26H31N3O3. The summed E-state index contributed by atoms with van der Waals surface area (Å²) in [5.41, 5.74) is 3.91. The lowest BCUT2D eigenvalue weighted by Gasteiger charge is -2.31. The molecule has 2 amide bonds. The Morgan fingerprint density at radius 3 is 2.47 bits per heavy atom. The third kappa shape index (κ3) is 5.13. The first-order chi connectivity index (χ1) is 15.6. The van der Waals surface area contributed by atoms with E-state index in [0.29, 0.717) is 37.7 Å². The summed E-state index contributed by atoms with van der Waals surface area (Å²) in [5.74, 6) is 1.17. The molecule has 1 aromatic heterocycles. The summed E-state index contributed by atoms with van der Waals surface area (Å²) in [5, 5.41) is 4.02. The minimum atomic E-state index is 0.0126. The second-order valence-electron chi connectivity index (χ2n) is 8.52. The van der Waals surface area contributed by atoms with Crippen molar-refractivity contribution >= 4 is 22.7 Å². The molecule has 3 aromatic rings. The summed E-state index contributed by atoms with van der Waals surface area (Å²) in [6.07, 6.45) is 3.22. The Labute approximate surface area is 188 Å². The lowest BCUT2D eigenvalue weighted by molar-refractivity contribution is -0.122. The van der Waals surface area contributed by atoms with Gasteiger partial charge in [-0.2, -0.15) is 0 Å². The maximum absolute atomic E-state index is 12.9. The number of nitrogens with one attached hydrogen (secondary N) is 2. The van der Waals surface area contributed by atoms with E-state index in [1.807, 2.05) is 29.2 Å². The van der Waals surface area contributed by atoms with Gasteiger partial charge < -0.3 is 19.9 Å². The predicted molar refractivity (Wildman–Crippen MR) is 126 cm³/mol. The Morgan fingerprint density at radius 1 is 1.06 bits per heavy atom. The van der Waals surface area contributed by atoms with Crippen LogP contribution >= 0.6 is 0 Å². The number of carbonyl (C=O) groups excluding carboxylic acids is 2. The van der Waals surface area contributed by atoms with Gasteiger partial charge in [0.1, 0.15) is 11.4 Å². The normalized spacial score (nSPS) is 14.5. The van der Waals surface area contributed by atoms with E-state index < -0.39 is 0 Å². The number of ether oxygens (including phenoxy) is 1. The summed E-state index contributed by atoms with van der Waals surface area (Å²) in [7, 11) is 1.63. The summed E-state index contributed by atoms with van der Waals surface area (Å²) < 4.78 is 5.26. The molecule has 1 fully saturated rings. The third-order valence-electron chi connectivity index (χ3n) is 6.36. The maximum atomic E-state index is 12.9. The number of aryl methyl sites for hydroxylation is 1. The molecule has 0 aliphatic carbocycles. The van der Waals surface area contributed by atoms with Crippen molar-refractivity contribution in [3.05, 3.63) is 65.4 Å². The monoisotopic (exact) mass is 433 g/mol. The van der Waals surface area contributed by atoms with Gasteiger partial charge in [0.05, 0.1) is 7.11 Å². The number of aromatic nitrogens is 1. The van der Waals surface area contributed by atoms with Gasteiger partial charge in [0.25, 0.3) is 5.91 Å². The average molecular weight is 434 g/mol. The molecule has 1 aliphatic heterocycles. The van der Waals surface area contributed by atoms with Crippen LogP contribution in [-0.4, -0.2) is 41.9 Å². The molecule has 0 bridgehead atoms. The molecule has 6 nitrogen and oxygen atoms in total. The van der Waals surface area contributed by atoms with Crippen LogP contribution in [0.1, 0.15) is 47.8 Å². The lowest BCUT2D eigenvalue weighted by Crippen LogP contribution is -2.39. The second kappa shape index (κ2) is 9.90. The van der Waals surface area contributed by atoms with E-state index in [0.717, 1.165) is 41.5 Å². The molecule has 168 valence electrons. The van der Waals surface area contributed by atoms with E-state index in [1.54, 1.807) is 7.11 Å². The fourth-order valence-corrected chi connectivity index (χ4v) is 4.29. The van der Waals surface area contributed by atoms with Crippen molar-refractivity contribution in [1.82, 2.24) is 15.2 Å². The number of rotatable bonds is 7. The molecule has 0 radical (unpaired) electrons. The van der Waals surface area contributed by atoms with Crippen molar-refractivity contribution in [2.24, 2.45) is 5.92 Å². The number of H-pyrrole nitrogens is 1.